The number of dihydropyridines is 1. The van der Waals surface area contributed by atoms with E-state index in [1.165, 1.54) is 0 Å². The van der Waals surface area contributed by atoms with Gasteiger partial charge in [0.2, 0.25) is 0 Å². The van der Waals surface area contributed by atoms with E-state index in [1.807, 2.05) is 31.6 Å². The van der Waals surface area contributed by atoms with Gasteiger partial charge >= 0.3 is 0 Å². The van der Waals surface area contributed by atoms with Crippen molar-refractivity contribution in [1.82, 2.24) is 16.0 Å². The summed E-state index contributed by atoms with van der Waals surface area (Å²) in [5, 5.41) is 9.46. The molecule has 0 aromatic carbocycles. The van der Waals surface area contributed by atoms with Crippen molar-refractivity contribution >= 4 is 12.6 Å². The summed E-state index contributed by atoms with van der Waals surface area (Å²) in [4.78, 5) is 0.998. The Morgan fingerprint density at radius 3 is 2.88 bits per heavy atom. The van der Waals surface area contributed by atoms with Crippen LogP contribution in [-0.2, 0) is 0 Å². The first-order valence-electron chi connectivity index (χ1n) is 5.43. The number of thiol groups is 1. The molecule has 0 amide bonds. The lowest BCUT2D eigenvalue weighted by atomic mass is 10.1. The van der Waals surface area contributed by atoms with Crippen LogP contribution >= 0.6 is 12.6 Å². The molecule has 4 heteroatoms. The lowest BCUT2D eigenvalue weighted by molar-refractivity contribution is 0.761. The largest absolute Gasteiger partial charge is 0.385 e. The molecule has 1 atom stereocenters. The smallest absolute Gasteiger partial charge is 0.0548 e. The monoisotopic (exact) mass is 249 g/mol. The summed E-state index contributed by atoms with van der Waals surface area (Å²) in [5.74, 6) is 0. The zero-order valence-electron chi connectivity index (χ0n) is 10.0. The molecule has 0 saturated heterocycles. The van der Waals surface area contributed by atoms with Crippen molar-refractivity contribution in [1.29, 1.82) is 0 Å². The third-order valence-corrected chi connectivity index (χ3v) is 2.70. The van der Waals surface area contributed by atoms with Crippen LogP contribution in [0.4, 0.5) is 0 Å². The highest BCUT2D eigenvalue weighted by Crippen LogP contribution is 2.09. The first-order valence-corrected chi connectivity index (χ1v) is 5.88. The molecule has 0 bridgehead atoms. The van der Waals surface area contributed by atoms with Crippen molar-refractivity contribution in [3.05, 3.63) is 60.0 Å². The number of rotatable bonds is 6. The molecule has 3 nitrogen and oxygen atoms in total. The van der Waals surface area contributed by atoms with E-state index in [4.69, 9.17) is 0 Å². The van der Waals surface area contributed by atoms with Gasteiger partial charge in [0.1, 0.15) is 0 Å². The highest BCUT2D eigenvalue weighted by atomic mass is 32.1. The van der Waals surface area contributed by atoms with E-state index in [1.54, 1.807) is 6.08 Å². The van der Waals surface area contributed by atoms with Gasteiger partial charge in [-0.1, -0.05) is 18.7 Å². The summed E-state index contributed by atoms with van der Waals surface area (Å²) < 4.78 is 0. The predicted octanol–water partition coefficient (Wildman–Crippen LogP) is 1.68. The Labute approximate surface area is 108 Å². The number of likely N-dealkylation sites (N-methyl/N-ethyl adjacent to an activating group) is 1. The molecule has 0 aromatic rings. The van der Waals surface area contributed by atoms with Gasteiger partial charge < -0.3 is 16.0 Å². The van der Waals surface area contributed by atoms with Crippen LogP contribution in [0.1, 0.15) is 0 Å². The Morgan fingerprint density at radius 2 is 2.35 bits per heavy atom. The van der Waals surface area contributed by atoms with E-state index >= 15 is 0 Å². The van der Waals surface area contributed by atoms with Crippen LogP contribution in [0, 0.1) is 0 Å². The fourth-order valence-corrected chi connectivity index (χ4v) is 1.71. The Bertz CT molecular complexity index is 380. The fraction of sp³-hybridized carbons (Fsp3) is 0.231. The molecule has 3 N–H and O–H groups in total. The summed E-state index contributed by atoms with van der Waals surface area (Å²) in [6.45, 7) is 8.35. The van der Waals surface area contributed by atoms with Crippen molar-refractivity contribution < 1.29 is 0 Å². The standard InChI is InChI=1S/C13H19N3S/c1-4-10(13(5-2)14-3)7-16-11-6-12(17)9-15-8-11/h4-8,13-17H,1-2,9H2,3H3/b10-7-. The minimum atomic E-state index is 0.0941. The van der Waals surface area contributed by atoms with Gasteiger partial charge in [-0.15, -0.1) is 19.2 Å². The summed E-state index contributed by atoms with van der Waals surface area (Å²) in [6.07, 6.45) is 9.45. The van der Waals surface area contributed by atoms with Gasteiger partial charge in [0.05, 0.1) is 11.7 Å². The van der Waals surface area contributed by atoms with Crippen LogP contribution in [0.25, 0.3) is 0 Å². The lowest BCUT2D eigenvalue weighted by Crippen LogP contribution is -2.25. The van der Waals surface area contributed by atoms with Crippen molar-refractivity contribution in [3.8, 4) is 0 Å². The average molecular weight is 249 g/mol. The van der Waals surface area contributed by atoms with E-state index in [2.05, 4.69) is 41.7 Å². The van der Waals surface area contributed by atoms with Gasteiger partial charge in [-0.3, -0.25) is 0 Å². The Balaban J connectivity index is 2.71. The highest BCUT2D eigenvalue weighted by molar-refractivity contribution is 7.84. The molecular weight excluding hydrogens is 230 g/mol. The molecule has 0 fully saturated rings. The average Bonchev–Trinajstić information content (AvgIpc) is 2.34. The van der Waals surface area contributed by atoms with E-state index in [0.717, 1.165) is 22.7 Å². The maximum atomic E-state index is 4.31. The van der Waals surface area contributed by atoms with E-state index in [9.17, 15) is 0 Å². The minimum Gasteiger partial charge on any atom is -0.385 e. The number of hydrogen-bond donors (Lipinski definition) is 4. The molecule has 17 heavy (non-hydrogen) atoms. The first kappa shape index (κ1) is 13.7. The third kappa shape index (κ3) is 4.17. The van der Waals surface area contributed by atoms with Crippen molar-refractivity contribution in [2.75, 3.05) is 13.6 Å². The zero-order valence-corrected chi connectivity index (χ0v) is 10.9. The first-order chi connectivity index (χ1) is 8.21. The van der Waals surface area contributed by atoms with Crippen LogP contribution in [0.2, 0.25) is 0 Å². The van der Waals surface area contributed by atoms with Crippen LogP contribution in [0.15, 0.2) is 60.0 Å². The molecular formula is C13H19N3S. The topological polar surface area (TPSA) is 36.1 Å². The summed E-state index contributed by atoms with van der Waals surface area (Å²) >= 11 is 4.31. The molecule has 0 saturated carbocycles. The van der Waals surface area contributed by atoms with Crippen molar-refractivity contribution in [2.45, 2.75) is 6.04 Å². The molecule has 1 aliphatic heterocycles. The normalized spacial score (nSPS) is 17.4. The highest BCUT2D eigenvalue weighted by Gasteiger charge is 2.05. The lowest BCUT2D eigenvalue weighted by Gasteiger charge is -2.15. The van der Waals surface area contributed by atoms with E-state index in [0.29, 0.717) is 0 Å². The molecule has 0 spiro atoms. The third-order valence-electron chi connectivity index (χ3n) is 2.41. The number of allylic oxidation sites excluding steroid dienone is 1. The van der Waals surface area contributed by atoms with Gasteiger partial charge in [-0.2, -0.15) is 0 Å². The summed E-state index contributed by atoms with van der Waals surface area (Å²) in [7, 11) is 1.89. The number of hydrogen-bond acceptors (Lipinski definition) is 4. The Hall–Kier alpha value is -1.39. The van der Waals surface area contributed by atoms with Gasteiger partial charge in [0.25, 0.3) is 0 Å². The molecule has 1 aliphatic rings. The second kappa shape index (κ2) is 7.04. The Morgan fingerprint density at radius 1 is 1.59 bits per heavy atom. The van der Waals surface area contributed by atoms with Gasteiger partial charge in [-0.05, 0) is 18.7 Å². The van der Waals surface area contributed by atoms with E-state index in [-0.39, 0.29) is 6.04 Å². The quantitative estimate of drug-likeness (QED) is 0.329. The second-order valence-corrected chi connectivity index (χ2v) is 4.19. The van der Waals surface area contributed by atoms with Crippen molar-refractivity contribution in [2.24, 2.45) is 0 Å². The van der Waals surface area contributed by atoms with Gasteiger partial charge in [0.15, 0.2) is 0 Å². The molecule has 1 heterocycles. The number of nitrogens with one attached hydrogen (secondary N) is 3. The zero-order chi connectivity index (χ0) is 12.7. The molecule has 1 rings (SSSR count). The molecule has 0 aliphatic carbocycles. The summed E-state index contributed by atoms with van der Waals surface area (Å²) in [5.41, 5.74) is 2.00. The Kier molecular flexibility index (Phi) is 5.66. The summed E-state index contributed by atoms with van der Waals surface area (Å²) in [6, 6.07) is 0.0941. The fourth-order valence-electron chi connectivity index (χ4n) is 1.48. The molecule has 1 unspecified atom stereocenters. The van der Waals surface area contributed by atoms with E-state index < -0.39 is 0 Å². The SMILES string of the molecule is C=C/C(=C/NC1=CNCC(S)=C1)C(C=C)NC. The van der Waals surface area contributed by atoms with Gasteiger partial charge in [-0.25, -0.2) is 0 Å². The van der Waals surface area contributed by atoms with Crippen LogP contribution in [-0.4, -0.2) is 19.6 Å². The second-order valence-electron chi connectivity index (χ2n) is 3.61. The predicted molar refractivity (Wildman–Crippen MR) is 77.6 cm³/mol. The van der Waals surface area contributed by atoms with Crippen LogP contribution in [0.5, 0.6) is 0 Å². The van der Waals surface area contributed by atoms with Crippen LogP contribution in [0.3, 0.4) is 0 Å². The molecule has 0 radical (unpaired) electrons. The molecule has 0 aromatic heterocycles. The minimum absolute atomic E-state index is 0.0941. The van der Waals surface area contributed by atoms with Gasteiger partial charge in [0, 0.05) is 23.8 Å². The molecule has 92 valence electrons. The maximum Gasteiger partial charge on any atom is 0.0548 e. The van der Waals surface area contributed by atoms with Crippen LogP contribution < -0.4 is 16.0 Å². The maximum absolute atomic E-state index is 4.31. The van der Waals surface area contributed by atoms with Crippen molar-refractivity contribution in [3.63, 3.8) is 0 Å².